The van der Waals surface area contributed by atoms with E-state index in [1.165, 1.54) is 10.6 Å². The van der Waals surface area contributed by atoms with E-state index in [0.717, 1.165) is 5.76 Å². The maximum absolute atomic E-state index is 12.2. The molecule has 0 spiro atoms. The Kier molecular flexibility index (Phi) is 5.85. The van der Waals surface area contributed by atoms with E-state index in [4.69, 9.17) is 8.94 Å². The van der Waals surface area contributed by atoms with Crippen molar-refractivity contribution in [3.05, 3.63) is 34.3 Å². The van der Waals surface area contributed by atoms with Crippen molar-refractivity contribution >= 4 is 26.0 Å². The van der Waals surface area contributed by atoms with Crippen molar-refractivity contribution < 1.29 is 17.4 Å². The maximum Gasteiger partial charge on any atom is 0.229 e. The summed E-state index contributed by atoms with van der Waals surface area (Å²) in [6.07, 6.45) is 1.68. The van der Waals surface area contributed by atoms with Crippen molar-refractivity contribution in [1.29, 1.82) is 0 Å². The summed E-state index contributed by atoms with van der Waals surface area (Å²) in [6, 6.07) is 3.72. The molecule has 3 rings (SSSR count). The number of nitrogens with zero attached hydrogens (tertiary/aromatic N) is 4. The van der Waals surface area contributed by atoms with Gasteiger partial charge in [-0.15, -0.1) is 0 Å². The van der Waals surface area contributed by atoms with Crippen LogP contribution in [-0.2, 0) is 23.0 Å². The van der Waals surface area contributed by atoms with Crippen LogP contribution < -0.4 is 0 Å². The van der Waals surface area contributed by atoms with Crippen LogP contribution in [0.5, 0.6) is 0 Å². The molecule has 0 aromatic carbocycles. The third-order valence-corrected chi connectivity index (χ3v) is 6.07. The molecular weight excluding hydrogens is 424 g/mol. The quantitative estimate of drug-likeness (QED) is 0.613. The Morgan fingerprint density at radius 3 is 2.65 bits per heavy atom. The minimum absolute atomic E-state index is 0.0418. The second kappa shape index (κ2) is 7.79. The first-order valence-electron chi connectivity index (χ1n) is 8.48. The number of halogens is 1. The molecule has 3 heterocycles. The summed E-state index contributed by atoms with van der Waals surface area (Å²) in [4.78, 5) is 6.47. The van der Waals surface area contributed by atoms with Crippen LogP contribution in [0, 0.1) is 0 Å². The van der Waals surface area contributed by atoms with Gasteiger partial charge < -0.3 is 8.94 Å². The first kappa shape index (κ1) is 19.5. The van der Waals surface area contributed by atoms with Gasteiger partial charge in [0.15, 0.2) is 10.5 Å². The fourth-order valence-electron chi connectivity index (χ4n) is 2.94. The van der Waals surface area contributed by atoms with Gasteiger partial charge in [0.25, 0.3) is 0 Å². The van der Waals surface area contributed by atoms with Gasteiger partial charge in [0.2, 0.25) is 15.9 Å². The van der Waals surface area contributed by atoms with E-state index < -0.39 is 10.0 Å². The van der Waals surface area contributed by atoms with Gasteiger partial charge in [-0.3, -0.25) is 4.90 Å². The van der Waals surface area contributed by atoms with Gasteiger partial charge in [-0.05, 0) is 28.1 Å². The van der Waals surface area contributed by atoms with Gasteiger partial charge in [0, 0.05) is 32.0 Å². The van der Waals surface area contributed by atoms with Crippen molar-refractivity contribution in [3.63, 3.8) is 0 Å². The molecule has 1 fully saturated rings. The Morgan fingerprint density at radius 2 is 2.12 bits per heavy atom. The highest BCUT2D eigenvalue weighted by Crippen LogP contribution is 2.23. The van der Waals surface area contributed by atoms with Gasteiger partial charge in [-0.2, -0.15) is 9.29 Å². The van der Waals surface area contributed by atoms with Gasteiger partial charge in [-0.1, -0.05) is 19.0 Å². The summed E-state index contributed by atoms with van der Waals surface area (Å²) in [5, 5.41) is 3.93. The predicted molar refractivity (Wildman–Crippen MR) is 99.1 cm³/mol. The summed E-state index contributed by atoms with van der Waals surface area (Å²) in [7, 11) is -3.31. The molecule has 10 heteroatoms. The molecule has 1 aliphatic rings. The van der Waals surface area contributed by atoms with Crippen LogP contribution in [0.3, 0.4) is 0 Å². The first-order valence-corrected chi connectivity index (χ1v) is 11.1. The zero-order chi connectivity index (χ0) is 18.9. The van der Waals surface area contributed by atoms with E-state index in [1.54, 1.807) is 0 Å². The lowest BCUT2D eigenvalue weighted by molar-refractivity contribution is 0.0667. The van der Waals surface area contributed by atoms with Crippen LogP contribution in [0.15, 0.2) is 25.7 Å². The van der Waals surface area contributed by atoms with Crippen LogP contribution in [0.4, 0.5) is 0 Å². The van der Waals surface area contributed by atoms with Crippen molar-refractivity contribution in [2.24, 2.45) is 0 Å². The molecule has 1 aliphatic heterocycles. The normalized spacial score (nSPS) is 16.5. The maximum atomic E-state index is 12.2. The molecule has 1 saturated heterocycles. The van der Waals surface area contributed by atoms with E-state index >= 15 is 0 Å². The largest absolute Gasteiger partial charge is 0.453 e. The summed E-state index contributed by atoms with van der Waals surface area (Å²) in [6.45, 7) is 6.31. The lowest BCUT2D eigenvalue weighted by atomic mass is 10.1. The van der Waals surface area contributed by atoms with E-state index in [0.29, 0.717) is 49.0 Å². The molecule has 0 radical (unpaired) electrons. The van der Waals surface area contributed by atoms with Crippen LogP contribution in [0.25, 0.3) is 0 Å². The third-order valence-electron chi connectivity index (χ3n) is 4.31. The van der Waals surface area contributed by atoms with Crippen molar-refractivity contribution in [1.82, 2.24) is 19.3 Å². The highest BCUT2D eigenvalue weighted by atomic mass is 79.9. The predicted octanol–water partition coefficient (Wildman–Crippen LogP) is 2.24. The second-order valence-electron chi connectivity index (χ2n) is 6.88. The van der Waals surface area contributed by atoms with E-state index in [9.17, 15) is 8.42 Å². The number of sulfonamides is 1. The van der Waals surface area contributed by atoms with Crippen molar-refractivity contribution in [2.75, 3.05) is 25.9 Å². The summed E-state index contributed by atoms with van der Waals surface area (Å²) in [5.41, 5.74) is 0. The summed E-state index contributed by atoms with van der Waals surface area (Å²) in [5.74, 6) is 2.13. The molecule has 144 valence electrons. The Balaban J connectivity index is 1.55. The van der Waals surface area contributed by atoms with Crippen LogP contribution >= 0.6 is 15.9 Å². The molecule has 0 saturated carbocycles. The fourth-order valence-corrected chi connectivity index (χ4v) is 4.38. The second-order valence-corrected chi connectivity index (χ2v) is 9.60. The Bertz CT molecular complexity index is 842. The average Bonchev–Trinajstić information content (AvgIpc) is 3.12. The molecule has 8 nitrogen and oxygen atoms in total. The molecule has 2 aromatic rings. The van der Waals surface area contributed by atoms with Crippen molar-refractivity contribution in [2.45, 2.75) is 38.8 Å². The molecule has 0 bridgehead atoms. The van der Waals surface area contributed by atoms with E-state index in [-0.39, 0.29) is 12.0 Å². The lowest BCUT2D eigenvalue weighted by Crippen LogP contribution is -2.60. The molecule has 0 atom stereocenters. The standard InChI is InChI=1S/C16H23BrN4O4S/c1-11(2)16-18-15(19-25-16)6-7-21(26(3,22)23)12-8-20(9-12)10-13-4-5-14(17)24-13/h4-5,11-12H,6-10H2,1-3H3. The summed E-state index contributed by atoms with van der Waals surface area (Å²) >= 11 is 3.28. The summed E-state index contributed by atoms with van der Waals surface area (Å²) < 4.78 is 37.3. The van der Waals surface area contributed by atoms with Crippen LogP contribution in [0.1, 0.15) is 37.2 Å². The van der Waals surface area contributed by atoms with E-state index in [2.05, 4.69) is 31.0 Å². The highest BCUT2D eigenvalue weighted by Gasteiger charge is 2.36. The van der Waals surface area contributed by atoms with Crippen molar-refractivity contribution in [3.8, 4) is 0 Å². The smallest absolute Gasteiger partial charge is 0.229 e. The molecule has 0 N–H and O–H groups in total. The first-order chi connectivity index (χ1) is 12.2. The van der Waals surface area contributed by atoms with Gasteiger partial charge in [0.05, 0.1) is 18.8 Å². The number of hydrogen-bond acceptors (Lipinski definition) is 7. The zero-order valence-corrected chi connectivity index (χ0v) is 17.5. The van der Waals surface area contributed by atoms with Gasteiger partial charge >= 0.3 is 0 Å². The monoisotopic (exact) mass is 446 g/mol. The highest BCUT2D eigenvalue weighted by molar-refractivity contribution is 9.10. The van der Waals surface area contributed by atoms with Crippen LogP contribution in [-0.4, -0.2) is 59.7 Å². The third kappa shape index (κ3) is 4.73. The topological polar surface area (TPSA) is 92.7 Å². The van der Waals surface area contributed by atoms with Gasteiger partial charge in [0.1, 0.15) is 5.76 Å². The Morgan fingerprint density at radius 1 is 1.38 bits per heavy atom. The van der Waals surface area contributed by atoms with E-state index in [1.807, 2.05) is 26.0 Å². The Labute approximate surface area is 161 Å². The Hall–Kier alpha value is -1.23. The minimum atomic E-state index is -3.31. The fraction of sp³-hybridized carbons (Fsp3) is 0.625. The number of hydrogen-bond donors (Lipinski definition) is 0. The number of aromatic nitrogens is 2. The van der Waals surface area contributed by atoms with Crippen LogP contribution in [0.2, 0.25) is 0 Å². The number of furan rings is 1. The minimum Gasteiger partial charge on any atom is -0.453 e. The molecule has 0 amide bonds. The SMILES string of the molecule is CC(C)c1nc(CCN(C2CN(Cc3ccc(Br)o3)C2)S(C)(=O)=O)no1. The molecule has 0 unspecified atom stereocenters. The molecular formula is C16H23BrN4O4S. The molecule has 0 aliphatic carbocycles. The number of likely N-dealkylation sites (tertiary alicyclic amines) is 1. The average molecular weight is 447 g/mol. The molecule has 26 heavy (non-hydrogen) atoms. The number of rotatable bonds is 8. The lowest BCUT2D eigenvalue weighted by Gasteiger charge is -2.43. The van der Waals surface area contributed by atoms with Gasteiger partial charge in [-0.25, -0.2) is 8.42 Å². The zero-order valence-electron chi connectivity index (χ0n) is 15.1. The molecule has 2 aromatic heterocycles.